The predicted octanol–water partition coefficient (Wildman–Crippen LogP) is 4.11. The molecule has 1 saturated heterocycles. The molecular formula is C24H23F5N6O2. The van der Waals surface area contributed by atoms with E-state index in [2.05, 4.69) is 25.6 Å². The number of halogens is 5. The van der Waals surface area contributed by atoms with Crippen molar-refractivity contribution in [2.75, 3.05) is 43.5 Å². The van der Waals surface area contributed by atoms with E-state index in [0.29, 0.717) is 32.5 Å². The molecule has 0 saturated carbocycles. The van der Waals surface area contributed by atoms with Gasteiger partial charge >= 0.3 is 6.18 Å². The second-order valence-electron chi connectivity index (χ2n) is 8.18. The van der Waals surface area contributed by atoms with Gasteiger partial charge in [0, 0.05) is 68.3 Å². The maximum absolute atomic E-state index is 14.0. The quantitative estimate of drug-likeness (QED) is 0.431. The Morgan fingerprint density at radius 3 is 2.43 bits per heavy atom. The minimum absolute atomic E-state index is 0.0129. The molecule has 3 heterocycles. The Morgan fingerprint density at radius 2 is 1.73 bits per heavy atom. The van der Waals surface area contributed by atoms with Crippen LogP contribution in [0.2, 0.25) is 0 Å². The third kappa shape index (κ3) is 7.09. The second-order valence-corrected chi connectivity index (χ2v) is 8.18. The van der Waals surface area contributed by atoms with Crippen LogP contribution in [-0.2, 0) is 22.3 Å². The summed E-state index contributed by atoms with van der Waals surface area (Å²) < 4.78 is 72.1. The lowest BCUT2D eigenvalue weighted by atomic mass is 10.2. The van der Waals surface area contributed by atoms with Crippen molar-refractivity contribution in [3.63, 3.8) is 0 Å². The lowest BCUT2D eigenvalue weighted by Crippen LogP contribution is -2.41. The number of carbonyl (C=O) groups is 1. The number of aromatic nitrogens is 3. The van der Waals surface area contributed by atoms with E-state index in [1.54, 1.807) is 4.90 Å². The lowest BCUT2D eigenvalue weighted by Gasteiger charge is -2.26. The van der Waals surface area contributed by atoms with E-state index in [1.807, 2.05) is 0 Å². The molecule has 1 aromatic carbocycles. The highest BCUT2D eigenvalue weighted by molar-refractivity contribution is 5.76. The fourth-order valence-corrected chi connectivity index (χ4v) is 3.59. The number of alkyl halides is 3. The first-order valence-corrected chi connectivity index (χ1v) is 11.4. The van der Waals surface area contributed by atoms with Crippen molar-refractivity contribution >= 4 is 17.5 Å². The Bertz CT molecular complexity index is 1250. The number of hydrogen-bond acceptors (Lipinski definition) is 7. The highest BCUT2D eigenvalue weighted by Crippen LogP contribution is 2.31. The fourth-order valence-electron chi connectivity index (χ4n) is 3.59. The van der Waals surface area contributed by atoms with Gasteiger partial charge in [0.05, 0.1) is 18.8 Å². The number of benzene rings is 1. The summed E-state index contributed by atoms with van der Waals surface area (Å²) in [7, 11) is 0. The SMILES string of the molecule is O=C(CCNc1cc(NCc2ccc(F)cc2F)nc(-c2cncc(C(F)(F)F)c2)n1)N1CCOCC1. The largest absolute Gasteiger partial charge is 0.417 e. The number of pyridine rings is 1. The van der Waals surface area contributed by atoms with Crippen molar-refractivity contribution in [1.82, 2.24) is 19.9 Å². The van der Waals surface area contributed by atoms with Crippen LogP contribution in [0, 0.1) is 11.6 Å². The Hall–Kier alpha value is -3.87. The number of nitrogens with zero attached hydrogens (tertiary/aromatic N) is 4. The minimum Gasteiger partial charge on any atom is -0.378 e. The fraction of sp³-hybridized carbons (Fsp3) is 0.333. The molecule has 0 spiro atoms. The van der Waals surface area contributed by atoms with Crippen LogP contribution in [0.25, 0.3) is 11.4 Å². The Labute approximate surface area is 208 Å². The number of ether oxygens (including phenoxy) is 1. The summed E-state index contributed by atoms with van der Waals surface area (Å²) in [6.45, 7) is 2.10. The van der Waals surface area contributed by atoms with E-state index in [0.717, 1.165) is 18.2 Å². The molecular weight excluding hydrogens is 499 g/mol. The van der Waals surface area contributed by atoms with Gasteiger partial charge in [0.25, 0.3) is 0 Å². The molecule has 2 aromatic heterocycles. The molecule has 4 rings (SSSR count). The molecule has 1 amide bonds. The number of hydrogen-bond donors (Lipinski definition) is 2. The molecule has 0 radical (unpaired) electrons. The van der Waals surface area contributed by atoms with Crippen LogP contribution in [0.3, 0.4) is 0 Å². The van der Waals surface area contributed by atoms with Gasteiger partial charge in [0.2, 0.25) is 5.91 Å². The van der Waals surface area contributed by atoms with Crippen molar-refractivity contribution in [3.8, 4) is 11.4 Å². The molecule has 196 valence electrons. The number of amides is 1. The van der Waals surface area contributed by atoms with E-state index >= 15 is 0 Å². The van der Waals surface area contributed by atoms with Crippen molar-refractivity contribution in [1.29, 1.82) is 0 Å². The normalized spacial score (nSPS) is 13.9. The van der Waals surface area contributed by atoms with E-state index in [9.17, 15) is 26.7 Å². The topological polar surface area (TPSA) is 92.3 Å². The van der Waals surface area contributed by atoms with Gasteiger partial charge in [0.1, 0.15) is 23.3 Å². The van der Waals surface area contributed by atoms with Gasteiger partial charge in [-0.05, 0) is 12.1 Å². The molecule has 0 unspecified atom stereocenters. The van der Waals surface area contributed by atoms with E-state index in [4.69, 9.17) is 4.74 Å². The third-order valence-corrected chi connectivity index (χ3v) is 5.53. The molecule has 1 aliphatic heterocycles. The Balaban J connectivity index is 1.54. The first-order valence-electron chi connectivity index (χ1n) is 11.4. The van der Waals surface area contributed by atoms with Gasteiger partial charge in [-0.1, -0.05) is 6.07 Å². The molecule has 0 aliphatic carbocycles. The summed E-state index contributed by atoms with van der Waals surface area (Å²) in [4.78, 5) is 26.3. The smallest absolute Gasteiger partial charge is 0.378 e. The van der Waals surface area contributed by atoms with Crippen LogP contribution in [0.1, 0.15) is 17.5 Å². The standard InChI is InChI=1S/C24H23F5N6O2/c25-18-2-1-15(19(26)10-18)13-32-21-11-20(31-4-3-22(36)35-5-7-37-8-6-35)33-23(34-21)16-9-17(14-30-12-16)24(27,28)29/h1-2,9-12,14H,3-8,13H2,(H2,31,32,33,34). The maximum Gasteiger partial charge on any atom is 0.417 e. The van der Waals surface area contributed by atoms with Gasteiger partial charge in [-0.3, -0.25) is 9.78 Å². The third-order valence-electron chi connectivity index (χ3n) is 5.53. The summed E-state index contributed by atoms with van der Waals surface area (Å²) in [6, 6.07) is 5.48. The monoisotopic (exact) mass is 522 g/mol. The Morgan fingerprint density at radius 1 is 1.00 bits per heavy atom. The molecule has 0 bridgehead atoms. The van der Waals surface area contributed by atoms with Gasteiger partial charge < -0.3 is 20.3 Å². The Kier molecular flexibility index (Phi) is 8.11. The van der Waals surface area contributed by atoms with E-state index in [-0.39, 0.29) is 54.0 Å². The first kappa shape index (κ1) is 26.2. The molecule has 2 N–H and O–H groups in total. The summed E-state index contributed by atoms with van der Waals surface area (Å²) in [6.07, 6.45) is -2.56. The number of carbonyl (C=O) groups excluding carboxylic acids is 1. The van der Waals surface area contributed by atoms with Crippen molar-refractivity contribution in [2.45, 2.75) is 19.1 Å². The van der Waals surface area contributed by atoms with Gasteiger partial charge in [-0.25, -0.2) is 18.7 Å². The highest BCUT2D eigenvalue weighted by atomic mass is 19.4. The number of morpholine rings is 1. The molecule has 0 atom stereocenters. The van der Waals surface area contributed by atoms with Crippen molar-refractivity contribution in [2.24, 2.45) is 0 Å². The summed E-state index contributed by atoms with van der Waals surface area (Å²) >= 11 is 0. The molecule has 1 aliphatic rings. The van der Waals surface area contributed by atoms with E-state index in [1.165, 1.54) is 18.3 Å². The summed E-state index contributed by atoms with van der Waals surface area (Å²) in [5, 5.41) is 5.87. The molecule has 8 nitrogen and oxygen atoms in total. The molecule has 13 heteroatoms. The van der Waals surface area contributed by atoms with Crippen LogP contribution in [-0.4, -0.2) is 58.6 Å². The van der Waals surface area contributed by atoms with Crippen LogP contribution < -0.4 is 10.6 Å². The number of rotatable bonds is 8. The van der Waals surface area contributed by atoms with Crippen molar-refractivity contribution < 1.29 is 31.5 Å². The second kappa shape index (κ2) is 11.5. The van der Waals surface area contributed by atoms with Crippen LogP contribution in [0.4, 0.5) is 33.6 Å². The zero-order valence-electron chi connectivity index (χ0n) is 19.5. The van der Waals surface area contributed by atoms with Crippen molar-refractivity contribution in [3.05, 3.63) is 65.5 Å². The van der Waals surface area contributed by atoms with E-state index < -0.39 is 23.4 Å². The zero-order chi connectivity index (χ0) is 26.4. The summed E-state index contributed by atoms with van der Waals surface area (Å²) in [5.74, 6) is -1.21. The minimum atomic E-state index is -4.61. The molecule has 37 heavy (non-hydrogen) atoms. The average molecular weight is 522 g/mol. The summed E-state index contributed by atoms with van der Waals surface area (Å²) in [5.41, 5.74) is -0.794. The number of nitrogens with one attached hydrogen (secondary N) is 2. The van der Waals surface area contributed by atoms with Gasteiger partial charge in [0.15, 0.2) is 5.82 Å². The molecule has 3 aromatic rings. The van der Waals surface area contributed by atoms with Crippen LogP contribution in [0.15, 0.2) is 42.7 Å². The zero-order valence-corrected chi connectivity index (χ0v) is 19.5. The van der Waals surface area contributed by atoms with Crippen LogP contribution in [0.5, 0.6) is 0 Å². The highest BCUT2D eigenvalue weighted by Gasteiger charge is 2.31. The first-order chi connectivity index (χ1) is 17.7. The average Bonchev–Trinajstić information content (AvgIpc) is 2.88. The lowest BCUT2D eigenvalue weighted by molar-refractivity contribution is -0.138. The predicted molar refractivity (Wildman–Crippen MR) is 124 cm³/mol. The number of anilines is 2. The van der Waals surface area contributed by atoms with Gasteiger partial charge in [-0.2, -0.15) is 13.2 Å². The molecule has 1 fully saturated rings. The van der Waals surface area contributed by atoms with Gasteiger partial charge in [-0.15, -0.1) is 0 Å². The maximum atomic E-state index is 14.0. The van der Waals surface area contributed by atoms with Crippen LogP contribution >= 0.6 is 0 Å².